The standard InChI is InChI=1S/C13H23N3/c1-5-16(4)10-11(2)15-9-13-7-6-8-14-12(13)3/h6-8,11,15H,5,9-10H2,1-4H3. The summed E-state index contributed by atoms with van der Waals surface area (Å²) in [7, 11) is 2.15. The van der Waals surface area contributed by atoms with Crippen LogP contribution in [0.25, 0.3) is 0 Å². The van der Waals surface area contributed by atoms with E-state index in [1.165, 1.54) is 5.56 Å². The quantitative estimate of drug-likeness (QED) is 0.794. The van der Waals surface area contributed by atoms with Crippen LogP contribution in [0.3, 0.4) is 0 Å². The molecule has 16 heavy (non-hydrogen) atoms. The molecule has 0 radical (unpaired) electrons. The molecule has 1 heterocycles. The van der Waals surface area contributed by atoms with Crippen molar-refractivity contribution in [1.82, 2.24) is 15.2 Å². The summed E-state index contributed by atoms with van der Waals surface area (Å²) in [6, 6.07) is 4.63. The van der Waals surface area contributed by atoms with Gasteiger partial charge in [-0.05, 0) is 39.1 Å². The number of pyridine rings is 1. The van der Waals surface area contributed by atoms with Gasteiger partial charge in [-0.2, -0.15) is 0 Å². The predicted molar refractivity (Wildman–Crippen MR) is 68.4 cm³/mol. The Balaban J connectivity index is 2.37. The Morgan fingerprint density at radius 3 is 2.88 bits per heavy atom. The molecule has 3 nitrogen and oxygen atoms in total. The Hall–Kier alpha value is -0.930. The van der Waals surface area contributed by atoms with E-state index in [1.54, 1.807) is 0 Å². The van der Waals surface area contributed by atoms with Gasteiger partial charge in [0.25, 0.3) is 0 Å². The minimum Gasteiger partial charge on any atom is -0.309 e. The van der Waals surface area contributed by atoms with E-state index in [2.05, 4.69) is 49.1 Å². The van der Waals surface area contributed by atoms with Crippen molar-refractivity contribution in [2.24, 2.45) is 0 Å². The van der Waals surface area contributed by atoms with Gasteiger partial charge >= 0.3 is 0 Å². The number of aromatic nitrogens is 1. The highest BCUT2D eigenvalue weighted by molar-refractivity contribution is 5.17. The zero-order valence-electron chi connectivity index (χ0n) is 10.8. The highest BCUT2D eigenvalue weighted by atomic mass is 15.1. The molecule has 0 spiro atoms. The van der Waals surface area contributed by atoms with Crippen LogP contribution in [0.4, 0.5) is 0 Å². The highest BCUT2D eigenvalue weighted by Gasteiger charge is 2.05. The van der Waals surface area contributed by atoms with E-state index < -0.39 is 0 Å². The molecule has 1 aromatic rings. The Morgan fingerprint density at radius 1 is 1.50 bits per heavy atom. The first-order valence-electron chi connectivity index (χ1n) is 5.96. The van der Waals surface area contributed by atoms with Gasteiger partial charge < -0.3 is 10.2 Å². The number of aryl methyl sites for hydroxylation is 1. The monoisotopic (exact) mass is 221 g/mol. The maximum atomic E-state index is 4.28. The Labute approximate surface area is 98.9 Å². The molecule has 0 aliphatic heterocycles. The molecular formula is C13H23N3. The van der Waals surface area contributed by atoms with Gasteiger partial charge in [-0.1, -0.05) is 13.0 Å². The molecule has 0 saturated carbocycles. The third-order valence-electron chi connectivity index (χ3n) is 2.88. The lowest BCUT2D eigenvalue weighted by Crippen LogP contribution is -2.37. The van der Waals surface area contributed by atoms with Gasteiger partial charge in [-0.15, -0.1) is 0 Å². The molecule has 0 saturated heterocycles. The van der Waals surface area contributed by atoms with Crippen molar-refractivity contribution in [3.05, 3.63) is 29.6 Å². The van der Waals surface area contributed by atoms with Crippen LogP contribution in [0.5, 0.6) is 0 Å². The molecule has 1 unspecified atom stereocenters. The minimum atomic E-state index is 0.504. The molecule has 1 N–H and O–H groups in total. The highest BCUT2D eigenvalue weighted by Crippen LogP contribution is 2.03. The van der Waals surface area contributed by atoms with Crippen molar-refractivity contribution in [2.75, 3.05) is 20.1 Å². The summed E-state index contributed by atoms with van der Waals surface area (Å²) >= 11 is 0. The first-order valence-corrected chi connectivity index (χ1v) is 5.96. The van der Waals surface area contributed by atoms with E-state index in [9.17, 15) is 0 Å². The summed E-state index contributed by atoms with van der Waals surface area (Å²) < 4.78 is 0. The first-order chi connectivity index (χ1) is 7.63. The van der Waals surface area contributed by atoms with Crippen LogP contribution in [-0.4, -0.2) is 36.1 Å². The topological polar surface area (TPSA) is 28.2 Å². The Kier molecular flexibility index (Phi) is 5.43. The van der Waals surface area contributed by atoms with E-state index in [4.69, 9.17) is 0 Å². The second-order valence-electron chi connectivity index (χ2n) is 4.38. The number of hydrogen-bond acceptors (Lipinski definition) is 3. The number of likely N-dealkylation sites (N-methyl/N-ethyl adjacent to an activating group) is 1. The van der Waals surface area contributed by atoms with Gasteiger partial charge in [-0.3, -0.25) is 4.98 Å². The minimum absolute atomic E-state index is 0.504. The molecule has 0 aliphatic rings. The fourth-order valence-electron chi connectivity index (χ4n) is 1.65. The van der Waals surface area contributed by atoms with E-state index in [-0.39, 0.29) is 0 Å². The molecular weight excluding hydrogens is 198 g/mol. The summed E-state index contributed by atoms with van der Waals surface area (Å²) in [6.45, 7) is 9.53. The van der Waals surface area contributed by atoms with Crippen molar-refractivity contribution < 1.29 is 0 Å². The molecule has 3 heteroatoms. The second kappa shape index (κ2) is 6.61. The smallest absolute Gasteiger partial charge is 0.0417 e. The van der Waals surface area contributed by atoms with E-state index in [1.807, 2.05) is 12.3 Å². The molecule has 0 amide bonds. The summed E-state index contributed by atoms with van der Waals surface area (Å²) in [5, 5.41) is 3.52. The molecule has 1 atom stereocenters. The molecule has 0 aromatic carbocycles. The van der Waals surface area contributed by atoms with Crippen molar-refractivity contribution in [1.29, 1.82) is 0 Å². The maximum Gasteiger partial charge on any atom is 0.0417 e. The van der Waals surface area contributed by atoms with Gasteiger partial charge in [0, 0.05) is 31.0 Å². The van der Waals surface area contributed by atoms with Crippen molar-refractivity contribution in [2.45, 2.75) is 33.4 Å². The Morgan fingerprint density at radius 2 is 2.25 bits per heavy atom. The lowest BCUT2D eigenvalue weighted by atomic mass is 10.2. The molecule has 1 rings (SSSR count). The van der Waals surface area contributed by atoms with Crippen LogP contribution >= 0.6 is 0 Å². The van der Waals surface area contributed by atoms with Crippen molar-refractivity contribution in [3.8, 4) is 0 Å². The molecule has 0 fully saturated rings. The molecule has 90 valence electrons. The average Bonchev–Trinajstić information content (AvgIpc) is 2.28. The average molecular weight is 221 g/mol. The summed E-state index contributed by atoms with van der Waals surface area (Å²) in [4.78, 5) is 6.60. The van der Waals surface area contributed by atoms with Crippen LogP contribution < -0.4 is 5.32 Å². The van der Waals surface area contributed by atoms with Crippen LogP contribution in [0.2, 0.25) is 0 Å². The van der Waals surface area contributed by atoms with Crippen molar-refractivity contribution in [3.63, 3.8) is 0 Å². The lowest BCUT2D eigenvalue weighted by Gasteiger charge is -2.21. The SMILES string of the molecule is CCN(C)CC(C)NCc1cccnc1C. The van der Waals surface area contributed by atoms with E-state index in [0.717, 1.165) is 25.3 Å². The third-order valence-corrected chi connectivity index (χ3v) is 2.88. The zero-order valence-corrected chi connectivity index (χ0v) is 10.8. The van der Waals surface area contributed by atoms with Gasteiger partial charge in [0.2, 0.25) is 0 Å². The van der Waals surface area contributed by atoms with E-state index >= 15 is 0 Å². The van der Waals surface area contributed by atoms with E-state index in [0.29, 0.717) is 6.04 Å². The number of rotatable bonds is 6. The van der Waals surface area contributed by atoms with Gasteiger partial charge in [0.15, 0.2) is 0 Å². The number of hydrogen-bond donors (Lipinski definition) is 1. The predicted octanol–water partition coefficient (Wildman–Crippen LogP) is 1.82. The fourth-order valence-corrected chi connectivity index (χ4v) is 1.65. The van der Waals surface area contributed by atoms with Gasteiger partial charge in [0.05, 0.1) is 0 Å². The molecule has 1 aromatic heterocycles. The summed E-state index contributed by atoms with van der Waals surface area (Å²) in [5.41, 5.74) is 2.40. The summed E-state index contributed by atoms with van der Waals surface area (Å²) in [5.74, 6) is 0. The zero-order chi connectivity index (χ0) is 12.0. The second-order valence-corrected chi connectivity index (χ2v) is 4.38. The lowest BCUT2D eigenvalue weighted by molar-refractivity contribution is 0.309. The number of nitrogens with one attached hydrogen (secondary N) is 1. The number of nitrogens with zero attached hydrogens (tertiary/aromatic N) is 2. The molecule has 0 aliphatic carbocycles. The maximum absolute atomic E-state index is 4.28. The van der Waals surface area contributed by atoms with Gasteiger partial charge in [0.1, 0.15) is 0 Å². The van der Waals surface area contributed by atoms with Crippen LogP contribution in [0, 0.1) is 6.92 Å². The van der Waals surface area contributed by atoms with Gasteiger partial charge in [-0.25, -0.2) is 0 Å². The molecule has 0 bridgehead atoms. The Bertz CT molecular complexity index is 312. The van der Waals surface area contributed by atoms with Crippen LogP contribution in [0.15, 0.2) is 18.3 Å². The largest absolute Gasteiger partial charge is 0.309 e. The third kappa shape index (κ3) is 4.29. The normalized spacial score (nSPS) is 13.1. The van der Waals surface area contributed by atoms with Crippen molar-refractivity contribution >= 4 is 0 Å². The first kappa shape index (κ1) is 13.1. The fraction of sp³-hybridized carbons (Fsp3) is 0.615. The van der Waals surface area contributed by atoms with Crippen LogP contribution in [0.1, 0.15) is 25.1 Å². The summed E-state index contributed by atoms with van der Waals surface area (Å²) in [6.07, 6.45) is 1.84. The van der Waals surface area contributed by atoms with Crippen LogP contribution in [-0.2, 0) is 6.54 Å².